The van der Waals surface area contributed by atoms with Crippen LogP contribution in [-0.2, 0) is 6.54 Å². The summed E-state index contributed by atoms with van der Waals surface area (Å²) in [5, 5.41) is 18.4. The van der Waals surface area contributed by atoms with E-state index in [0.29, 0.717) is 11.7 Å². The highest BCUT2D eigenvalue weighted by atomic mass is 35.5. The van der Waals surface area contributed by atoms with Crippen LogP contribution in [0.25, 0.3) is 0 Å². The van der Waals surface area contributed by atoms with Gasteiger partial charge in [-0.1, -0.05) is 48.0 Å². The van der Waals surface area contributed by atoms with E-state index in [0.717, 1.165) is 5.56 Å². The van der Waals surface area contributed by atoms with Gasteiger partial charge >= 0.3 is 0 Å². The molecule has 8 heteroatoms. The van der Waals surface area contributed by atoms with E-state index in [1.165, 1.54) is 18.3 Å². The lowest BCUT2D eigenvalue weighted by Gasteiger charge is -2.06. The highest BCUT2D eigenvalue weighted by Gasteiger charge is 2.14. The van der Waals surface area contributed by atoms with Crippen molar-refractivity contribution in [3.05, 3.63) is 74.8 Å². The van der Waals surface area contributed by atoms with E-state index in [9.17, 15) is 10.1 Å². The van der Waals surface area contributed by atoms with Crippen molar-refractivity contribution in [1.82, 2.24) is 10.7 Å². The standard InChI is InChI=1S/C15H13ClN4O2S/c16-13-7-4-8-14(20(21)22)12(13)10-18-19-15(23)17-9-11-5-2-1-3-6-11/h1-8,10H,9H2,(H2,17,19,23)/b18-10-. The molecule has 2 aromatic rings. The summed E-state index contributed by atoms with van der Waals surface area (Å²) in [6.45, 7) is 0.550. The van der Waals surface area contributed by atoms with Crippen LogP contribution in [0.1, 0.15) is 11.1 Å². The van der Waals surface area contributed by atoms with E-state index in [1.54, 1.807) is 6.07 Å². The summed E-state index contributed by atoms with van der Waals surface area (Å²) in [4.78, 5) is 10.4. The van der Waals surface area contributed by atoms with Crippen LogP contribution in [0.2, 0.25) is 5.02 Å². The summed E-state index contributed by atoms with van der Waals surface area (Å²) < 4.78 is 0. The highest BCUT2D eigenvalue weighted by molar-refractivity contribution is 7.80. The van der Waals surface area contributed by atoms with Gasteiger partial charge in [0.15, 0.2) is 5.11 Å². The maximum absolute atomic E-state index is 11.0. The molecule has 2 rings (SSSR count). The van der Waals surface area contributed by atoms with Gasteiger partial charge in [0.2, 0.25) is 0 Å². The minimum Gasteiger partial charge on any atom is -0.357 e. The maximum Gasteiger partial charge on any atom is 0.279 e. The zero-order valence-corrected chi connectivity index (χ0v) is 13.5. The van der Waals surface area contributed by atoms with Gasteiger partial charge in [-0.2, -0.15) is 5.10 Å². The number of nitrogens with zero attached hydrogens (tertiary/aromatic N) is 2. The number of halogens is 1. The average molecular weight is 349 g/mol. The first-order valence-corrected chi connectivity index (χ1v) is 7.40. The van der Waals surface area contributed by atoms with E-state index in [4.69, 9.17) is 23.8 Å². The molecule has 0 fully saturated rings. The van der Waals surface area contributed by atoms with E-state index in [-0.39, 0.29) is 16.3 Å². The van der Waals surface area contributed by atoms with Crippen molar-refractivity contribution in [3.63, 3.8) is 0 Å². The van der Waals surface area contributed by atoms with Crippen LogP contribution in [0, 0.1) is 10.1 Å². The number of rotatable bonds is 5. The van der Waals surface area contributed by atoms with Gasteiger partial charge in [-0.05, 0) is 23.8 Å². The third-order valence-corrected chi connectivity index (χ3v) is 3.45. The molecule has 0 unspecified atom stereocenters. The Kier molecular flexibility index (Phi) is 6.02. The summed E-state index contributed by atoms with van der Waals surface area (Å²) in [7, 11) is 0. The van der Waals surface area contributed by atoms with E-state index in [2.05, 4.69) is 15.8 Å². The summed E-state index contributed by atoms with van der Waals surface area (Å²) in [5.41, 5.74) is 3.78. The molecular weight excluding hydrogens is 336 g/mol. The molecule has 6 nitrogen and oxygen atoms in total. The highest BCUT2D eigenvalue weighted by Crippen LogP contribution is 2.24. The first kappa shape index (κ1) is 16.9. The molecule has 0 aliphatic heterocycles. The van der Waals surface area contributed by atoms with Crippen LogP contribution in [0.3, 0.4) is 0 Å². The Morgan fingerprint density at radius 2 is 2.00 bits per heavy atom. The second kappa shape index (κ2) is 8.21. The topological polar surface area (TPSA) is 79.6 Å². The summed E-state index contributed by atoms with van der Waals surface area (Å²) in [6.07, 6.45) is 1.27. The predicted molar refractivity (Wildman–Crippen MR) is 94.7 cm³/mol. The molecule has 0 spiro atoms. The van der Waals surface area contributed by atoms with E-state index >= 15 is 0 Å². The van der Waals surface area contributed by atoms with Gasteiger partial charge in [-0.3, -0.25) is 15.5 Å². The van der Waals surface area contributed by atoms with Gasteiger partial charge in [-0.25, -0.2) is 0 Å². The molecule has 0 amide bonds. The lowest BCUT2D eigenvalue weighted by atomic mass is 10.2. The van der Waals surface area contributed by atoms with Crippen LogP contribution in [-0.4, -0.2) is 16.3 Å². The van der Waals surface area contributed by atoms with E-state index in [1.807, 2.05) is 30.3 Å². The molecule has 0 atom stereocenters. The number of hydrogen-bond acceptors (Lipinski definition) is 4. The van der Waals surface area contributed by atoms with Crippen LogP contribution in [0.15, 0.2) is 53.6 Å². The van der Waals surface area contributed by atoms with Crippen LogP contribution >= 0.6 is 23.8 Å². The van der Waals surface area contributed by atoms with Gasteiger partial charge < -0.3 is 5.32 Å². The number of hydrogen-bond donors (Lipinski definition) is 2. The Morgan fingerprint density at radius 3 is 2.70 bits per heavy atom. The second-order valence-electron chi connectivity index (χ2n) is 4.47. The number of benzene rings is 2. The number of hydrazone groups is 1. The van der Waals surface area contributed by atoms with Gasteiger partial charge in [0.25, 0.3) is 5.69 Å². The van der Waals surface area contributed by atoms with Crippen molar-refractivity contribution >= 4 is 40.8 Å². The normalized spacial score (nSPS) is 10.5. The molecule has 0 radical (unpaired) electrons. The molecule has 0 aliphatic carbocycles. The van der Waals surface area contributed by atoms with Crippen molar-refractivity contribution in [2.45, 2.75) is 6.54 Å². The smallest absolute Gasteiger partial charge is 0.279 e. The number of nitro groups is 1. The van der Waals surface area contributed by atoms with Crippen molar-refractivity contribution in [1.29, 1.82) is 0 Å². The summed E-state index contributed by atoms with van der Waals surface area (Å²) in [5.74, 6) is 0. The quantitative estimate of drug-likeness (QED) is 0.375. The summed E-state index contributed by atoms with van der Waals surface area (Å²) in [6, 6.07) is 14.2. The van der Waals surface area contributed by atoms with E-state index < -0.39 is 4.92 Å². The molecule has 0 heterocycles. The van der Waals surface area contributed by atoms with Crippen molar-refractivity contribution in [2.75, 3.05) is 0 Å². The molecule has 2 aromatic carbocycles. The lowest BCUT2D eigenvalue weighted by Crippen LogP contribution is -2.31. The van der Waals surface area contributed by atoms with Crippen LogP contribution < -0.4 is 10.7 Å². The fourth-order valence-corrected chi connectivity index (χ4v) is 2.13. The molecule has 0 saturated carbocycles. The molecule has 118 valence electrons. The number of thiocarbonyl (C=S) groups is 1. The molecule has 0 aromatic heterocycles. The fraction of sp³-hybridized carbons (Fsp3) is 0.0667. The molecule has 23 heavy (non-hydrogen) atoms. The third-order valence-electron chi connectivity index (χ3n) is 2.88. The molecule has 0 aliphatic rings. The molecular formula is C15H13ClN4O2S. The monoisotopic (exact) mass is 348 g/mol. The van der Waals surface area contributed by atoms with Gasteiger partial charge in [-0.15, -0.1) is 0 Å². The van der Waals surface area contributed by atoms with Gasteiger partial charge in [0, 0.05) is 12.6 Å². The number of nitro benzene ring substituents is 1. The third kappa shape index (κ3) is 5.01. The first-order chi connectivity index (χ1) is 11.1. The van der Waals surface area contributed by atoms with Crippen molar-refractivity contribution < 1.29 is 4.92 Å². The summed E-state index contributed by atoms with van der Waals surface area (Å²) >= 11 is 11.0. The van der Waals surface area contributed by atoms with Crippen molar-refractivity contribution in [3.8, 4) is 0 Å². The second-order valence-corrected chi connectivity index (χ2v) is 5.28. The lowest BCUT2D eigenvalue weighted by molar-refractivity contribution is -0.385. The number of nitrogens with one attached hydrogen (secondary N) is 2. The first-order valence-electron chi connectivity index (χ1n) is 6.61. The zero-order valence-electron chi connectivity index (χ0n) is 11.9. The molecule has 2 N–H and O–H groups in total. The minimum absolute atomic E-state index is 0.119. The van der Waals surface area contributed by atoms with Gasteiger partial charge in [0.05, 0.1) is 21.7 Å². The van der Waals surface area contributed by atoms with Crippen LogP contribution in [0.4, 0.5) is 5.69 Å². The Labute approximate surface area is 143 Å². The average Bonchev–Trinajstić information content (AvgIpc) is 2.55. The maximum atomic E-state index is 11.0. The largest absolute Gasteiger partial charge is 0.357 e. The Bertz CT molecular complexity index is 738. The zero-order chi connectivity index (χ0) is 16.7. The van der Waals surface area contributed by atoms with Crippen molar-refractivity contribution in [2.24, 2.45) is 5.10 Å². The Balaban J connectivity index is 1.94. The Morgan fingerprint density at radius 1 is 1.26 bits per heavy atom. The Hall–Kier alpha value is -2.51. The predicted octanol–water partition coefficient (Wildman–Crippen LogP) is 3.25. The minimum atomic E-state index is -0.515. The SMILES string of the molecule is O=[N+]([O-])c1cccc(Cl)c1/C=N\NC(=S)NCc1ccccc1. The van der Waals surface area contributed by atoms with Crippen LogP contribution in [0.5, 0.6) is 0 Å². The fourth-order valence-electron chi connectivity index (χ4n) is 1.79. The van der Waals surface area contributed by atoms with Gasteiger partial charge in [0.1, 0.15) is 0 Å². The molecule has 0 saturated heterocycles. The molecule has 0 bridgehead atoms.